The highest BCUT2D eigenvalue weighted by Crippen LogP contribution is 2.34. The normalized spacial score (nSPS) is 12.8. The van der Waals surface area contributed by atoms with E-state index < -0.39 is 12.5 Å². The van der Waals surface area contributed by atoms with E-state index in [0.29, 0.717) is 5.69 Å². The number of benzene rings is 2. The summed E-state index contributed by atoms with van der Waals surface area (Å²) in [5.74, 6) is -0.341. The van der Waals surface area contributed by atoms with E-state index >= 15 is 0 Å². The van der Waals surface area contributed by atoms with Crippen LogP contribution in [-0.4, -0.2) is 6.36 Å². The molecule has 1 unspecified atom stereocenters. The van der Waals surface area contributed by atoms with E-state index in [1.54, 1.807) is 37.3 Å². The summed E-state index contributed by atoms with van der Waals surface area (Å²) >= 11 is 0. The minimum Gasteiger partial charge on any atom is -0.482 e. The Morgan fingerprint density at radius 2 is 1.52 bits per heavy atom. The molecule has 0 heterocycles. The summed E-state index contributed by atoms with van der Waals surface area (Å²) in [5.41, 5.74) is 6.99. The quantitative estimate of drug-likeness (QED) is 0.855. The second kappa shape index (κ2) is 5.95. The highest BCUT2D eigenvalue weighted by molar-refractivity contribution is 5.42. The Morgan fingerprint density at radius 1 is 0.952 bits per heavy atom. The molecule has 112 valence electrons. The zero-order chi connectivity index (χ0) is 15.5. The Balaban J connectivity index is 2.17. The number of nitrogen functional groups attached to an aromatic ring is 1. The highest BCUT2D eigenvalue weighted by atomic mass is 19.4. The van der Waals surface area contributed by atoms with Crippen molar-refractivity contribution in [2.24, 2.45) is 0 Å². The summed E-state index contributed by atoms with van der Waals surface area (Å²) in [6.07, 6.45) is -5.20. The average Bonchev–Trinajstić information content (AvgIpc) is 2.40. The number of hydrogen-bond donors (Lipinski definition) is 1. The van der Waals surface area contributed by atoms with Gasteiger partial charge in [-0.3, -0.25) is 0 Å². The minimum atomic E-state index is -4.76. The van der Waals surface area contributed by atoms with Gasteiger partial charge >= 0.3 is 6.36 Å². The van der Waals surface area contributed by atoms with Crippen molar-refractivity contribution >= 4 is 5.69 Å². The van der Waals surface area contributed by atoms with Gasteiger partial charge in [0.2, 0.25) is 0 Å². The Kier molecular flexibility index (Phi) is 4.26. The molecule has 0 aliphatic heterocycles. The number of nitrogens with two attached hydrogens (primary N) is 1. The van der Waals surface area contributed by atoms with Gasteiger partial charge in [-0.2, -0.15) is 0 Å². The molecule has 2 aromatic rings. The van der Waals surface area contributed by atoms with Crippen LogP contribution in [0.25, 0.3) is 0 Å². The first-order chi connectivity index (χ1) is 9.85. The Bertz CT molecular complexity index is 597. The Labute approximate surface area is 120 Å². The Hall–Kier alpha value is -2.37. The molecule has 2 N–H and O–H groups in total. The summed E-state index contributed by atoms with van der Waals surface area (Å²) in [6.45, 7) is 1.73. The van der Waals surface area contributed by atoms with E-state index in [0.717, 1.165) is 5.56 Å². The van der Waals surface area contributed by atoms with E-state index in [4.69, 9.17) is 10.5 Å². The summed E-state index contributed by atoms with van der Waals surface area (Å²) in [7, 11) is 0. The molecule has 0 aliphatic carbocycles. The fourth-order valence-electron chi connectivity index (χ4n) is 1.78. The third kappa shape index (κ3) is 4.30. The van der Waals surface area contributed by atoms with E-state index in [9.17, 15) is 13.2 Å². The van der Waals surface area contributed by atoms with Crippen molar-refractivity contribution < 1.29 is 22.6 Å². The first-order valence-electron chi connectivity index (χ1n) is 6.22. The van der Waals surface area contributed by atoms with Crippen molar-refractivity contribution in [2.75, 3.05) is 5.73 Å². The van der Waals surface area contributed by atoms with Gasteiger partial charge in [-0.15, -0.1) is 13.2 Å². The first-order valence-corrected chi connectivity index (χ1v) is 6.22. The van der Waals surface area contributed by atoms with E-state index in [2.05, 4.69) is 4.74 Å². The third-order valence-electron chi connectivity index (χ3n) is 2.78. The van der Waals surface area contributed by atoms with Crippen LogP contribution in [0.15, 0.2) is 48.5 Å². The molecule has 3 nitrogen and oxygen atoms in total. The van der Waals surface area contributed by atoms with Crippen LogP contribution in [0.1, 0.15) is 18.6 Å². The molecule has 0 fully saturated rings. The molecule has 0 amide bonds. The minimum absolute atomic E-state index is 0.0270. The van der Waals surface area contributed by atoms with Crippen molar-refractivity contribution in [1.29, 1.82) is 0 Å². The molecule has 0 saturated heterocycles. The second-order valence-electron chi connectivity index (χ2n) is 4.42. The molecule has 0 spiro atoms. The third-order valence-corrected chi connectivity index (χ3v) is 2.78. The molecule has 6 heteroatoms. The van der Waals surface area contributed by atoms with Crippen LogP contribution in [0.2, 0.25) is 0 Å². The van der Waals surface area contributed by atoms with Crippen LogP contribution in [-0.2, 0) is 0 Å². The largest absolute Gasteiger partial charge is 0.573 e. The number of anilines is 1. The molecule has 2 rings (SSSR count). The van der Waals surface area contributed by atoms with Gasteiger partial charge in [0.05, 0.1) is 0 Å². The van der Waals surface area contributed by atoms with E-state index in [1.165, 1.54) is 18.2 Å². The van der Waals surface area contributed by atoms with Gasteiger partial charge in [0.25, 0.3) is 0 Å². The molecular weight excluding hydrogens is 283 g/mol. The molecule has 0 radical (unpaired) electrons. The van der Waals surface area contributed by atoms with Crippen LogP contribution in [0, 0.1) is 0 Å². The number of rotatable bonds is 4. The van der Waals surface area contributed by atoms with Crippen molar-refractivity contribution in [3.05, 3.63) is 54.1 Å². The number of ether oxygens (including phenoxy) is 2. The fourth-order valence-corrected chi connectivity index (χ4v) is 1.78. The Morgan fingerprint density at radius 3 is 2.10 bits per heavy atom. The standard InChI is InChI=1S/C15H14F3NO2/c1-10(11-6-8-12(19)9-7-11)20-13-4-2-3-5-14(13)21-15(16,17)18/h2-10H,19H2,1H3. The predicted octanol–water partition coefficient (Wildman–Crippen LogP) is 4.31. The van der Waals surface area contributed by atoms with Gasteiger partial charge in [-0.25, -0.2) is 0 Å². The lowest BCUT2D eigenvalue weighted by Crippen LogP contribution is -2.18. The van der Waals surface area contributed by atoms with Gasteiger partial charge in [0, 0.05) is 5.69 Å². The van der Waals surface area contributed by atoms with Crippen molar-refractivity contribution in [2.45, 2.75) is 19.4 Å². The van der Waals surface area contributed by atoms with Crippen molar-refractivity contribution in [3.63, 3.8) is 0 Å². The van der Waals surface area contributed by atoms with Gasteiger partial charge in [-0.05, 0) is 36.8 Å². The smallest absolute Gasteiger partial charge is 0.482 e. The van der Waals surface area contributed by atoms with Crippen LogP contribution in [0.5, 0.6) is 11.5 Å². The van der Waals surface area contributed by atoms with Gasteiger partial charge < -0.3 is 15.2 Å². The van der Waals surface area contributed by atoms with Crippen molar-refractivity contribution in [3.8, 4) is 11.5 Å². The first kappa shape index (κ1) is 15.0. The predicted molar refractivity (Wildman–Crippen MR) is 73.0 cm³/mol. The SMILES string of the molecule is CC(Oc1ccccc1OC(F)(F)F)c1ccc(N)cc1. The zero-order valence-corrected chi connectivity index (χ0v) is 11.2. The van der Waals surface area contributed by atoms with Crippen LogP contribution in [0.3, 0.4) is 0 Å². The zero-order valence-electron chi connectivity index (χ0n) is 11.2. The monoisotopic (exact) mass is 297 g/mol. The van der Waals surface area contributed by atoms with E-state index in [1.807, 2.05) is 0 Å². The maximum absolute atomic E-state index is 12.3. The second-order valence-corrected chi connectivity index (χ2v) is 4.42. The van der Waals surface area contributed by atoms with Gasteiger partial charge in [0.1, 0.15) is 6.10 Å². The van der Waals surface area contributed by atoms with Gasteiger partial charge in [-0.1, -0.05) is 24.3 Å². The summed E-state index contributed by atoms with van der Waals surface area (Å²) in [4.78, 5) is 0. The molecule has 1 atom stereocenters. The molecule has 0 aromatic heterocycles. The average molecular weight is 297 g/mol. The number of alkyl halides is 3. The number of halogens is 3. The summed E-state index contributed by atoms with van der Waals surface area (Å²) in [6, 6.07) is 12.6. The number of hydrogen-bond acceptors (Lipinski definition) is 3. The fraction of sp³-hybridized carbons (Fsp3) is 0.200. The molecule has 2 aromatic carbocycles. The lowest BCUT2D eigenvalue weighted by Gasteiger charge is -2.18. The van der Waals surface area contributed by atoms with Gasteiger partial charge in [0.15, 0.2) is 11.5 Å². The molecule has 0 saturated carbocycles. The molecule has 21 heavy (non-hydrogen) atoms. The molecule has 0 bridgehead atoms. The summed E-state index contributed by atoms with van der Waals surface area (Å²) in [5, 5.41) is 0. The van der Waals surface area contributed by atoms with Crippen LogP contribution >= 0.6 is 0 Å². The topological polar surface area (TPSA) is 44.5 Å². The highest BCUT2D eigenvalue weighted by Gasteiger charge is 2.32. The van der Waals surface area contributed by atoms with Crippen molar-refractivity contribution in [1.82, 2.24) is 0 Å². The molecule has 0 aliphatic rings. The summed E-state index contributed by atoms with van der Waals surface area (Å²) < 4.78 is 46.5. The molecular formula is C15H14F3NO2. The van der Waals surface area contributed by atoms with Crippen LogP contribution < -0.4 is 15.2 Å². The van der Waals surface area contributed by atoms with Crippen LogP contribution in [0.4, 0.5) is 18.9 Å². The maximum Gasteiger partial charge on any atom is 0.573 e. The lowest BCUT2D eigenvalue weighted by atomic mass is 10.1. The lowest BCUT2D eigenvalue weighted by molar-refractivity contribution is -0.275. The maximum atomic E-state index is 12.3. The number of para-hydroxylation sites is 2. The van der Waals surface area contributed by atoms with E-state index in [-0.39, 0.29) is 11.5 Å².